The minimum Gasteiger partial charge on any atom is -0.457 e. The molecule has 0 bridgehead atoms. The van der Waals surface area contributed by atoms with Crippen LogP contribution in [-0.2, 0) is 10.8 Å². The first kappa shape index (κ1) is 26.2. The van der Waals surface area contributed by atoms with Crippen LogP contribution >= 0.6 is 0 Å². The molecule has 1 unspecified atom stereocenters. The zero-order chi connectivity index (χ0) is 31.8. The predicted molar refractivity (Wildman–Crippen MR) is 196 cm³/mol. The van der Waals surface area contributed by atoms with Gasteiger partial charge in [0.05, 0.1) is 22.1 Å². The fourth-order valence-corrected chi connectivity index (χ4v) is 9.40. The molecule has 0 radical (unpaired) electrons. The van der Waals surface area contributed by atoms with Gasteiger partial charge in [0.15, 0.2) is 0 Å². The van der Waals surface area contributed by atoms with E-state index in [2.05, 4.69) is 170 Å². The molecule has 1 atom stereocenters. The van der Waals surface area contributed by atoms with Crippen LogP contribution in [0.1, 0.15) is 47.2 Å². The third-order valence-electron chi connectivity index (χ3n) is 11.5. The monoisotopic (exact) mass is 613 g/mol. The van der Waals surface area contributed by atoms with Gasteiger partial charge in [0.2, 0.25) is 0 Å². The Morgan fingerprint density at radius 1 is 0.458 bits per heavy atom. The number of para-hydroxylation sites is 4. The maximum absolute atomic E-state index is 6.79. The number of hydrogen-bond donors (Lipinski definition) is 0. The Bertz CT molecular complexity index is 2690. The minimum atomic E-state index is -0.577. The Labute approximate surface area is 279 Å². The first-order valence-corrected chi connectivity index (χ1v) is 16.9. The molecule has 2 aliphatic heterocycles. The quantitative estimate of drug-likeness (QED) is 0.180. The van der Waals surface area contributed by atoms with E-state index in [1.807, 2.05) is 0 Å². The fourth-order valence-electron chi connectivity index (χ4n) is 9.40. The molecule has 3 heterocycles. The zero-order valence-corrected chi connectivity index (χ0v) is 26.8. The van der Waals surface area contributed by atoms with Crippen molar-refractivity contribution < 1.29 is 4.74 Å². The van der Waals surface area contributed by atoms with Crippen LogP contribution in [0.3, 0.4) is 0 Å². The van der Waals surface area contributed by atoms with Crippen molar-refractivity contribution in [1.29, 1.82) is 0 Å². The largest absolute Gasteiger partial charge is 0.457 e. The first-order valence-electron chi connectivity index (χ1n) is 16.9. The number of aromatic nitrogens is 1. The average Bonchev–Trinajstić information content (AvgIpc) is 3.59. The third-order valence-corrected chi connectivity index (χ3v) is 11.5. The van der Waals surface area contributed by atoms with Gasteiger partial charge in [-0.3, -0.25) is 0 Å². The topological polar surface area (TPSA) is 14.2 Å². The lowest BCUT2D eigenvalue weighted by molar-refractivity contribution is 0.434. The highest BCUT2D eigenvalue weighted by atomic mass is 16.5. The van der Waals surface area contributed by atoms with Crippen LogP contribution in [0.5, 0.6) is 11.5 Å². The number of nitrogens with zero attached hydrogens (tertiary/aromatic N) is 1. The highest BCUT2D eigenvalue weighted by Crippen LogP contribution is 2.61. The lowest BCUT2D eigenvalue weighted by atomic mass is 9.61. The number of benzene rings is 7. The van der Waals surface area contributed by atoms with Gasteiger partial charge in [-0.2, -0.15) is 0 Å². The van der Waals surface area contributed by atoms with Gasteiger partial charge in [-0.05, 0) is 80.9 Å². The Hall–Kier alpha value is -5.86. The normalized spacial score (nSPS) is 17.4. The SMILES string of the molecule is CC1(C)c2ccccc2-c2cc(-c3ccc4c(c3)C3(c5ccccc5O4)c4ccccc4-n4c5ccccc5c5cccc3c54)ccc21. The summed E-state index contributed by atoms with van der Waals surface area (Å²) in [6, 6.07) is 56.1. The van der Waals surface area contributed by atoms with Gasteiger partial charge >= 0.3 is 0 Å². The molecule has 1 spiro atoms. The van der Waals surface area contributed by atoms with Crippen LogP contribution in [0.4, 0.5) is 0 Å². The second kappa shape index (κ2) is 8.93. The van der Waals surface area contributed by atoms with Crippen LogP contribution in [0, 0.1) is 0 Å². The van der Waals surface area contributed by atoms with E-state index in [0.29, 0.717) is 0 Å². The summed E-state index contributed by atoms with van der Waals surface area (Å²) in [4.78, 5) is 0. The summed E-state index contributed by atoms with van der Waals surface area (Å²) < 4.78 is 9.28. The Balaban J connectivity index is 1.24. The van der Waals surface area contributed by atoms with Gasteiger partial charge in [-0.15, -0.1) is 0 Å². The molecule has 0 saturated heterocycles. The van der Waals surface area contributed by atoms with Crippen molar-refractivity contribution >= 4 is 21.8 Å². The van der Waals surface area contributed by atoms with E-state index in [9.17, 15) is 0 Å². The molecule has 226 valence electrons. The van der Waals surface area contributed by atoms with Gasteiger partial charge in [-0.25, -0.2) is 0 Å². The number of hydrogen-bond acceptors (Lipinski definition) is 1. The molecule has 3 aliphatic rings. The lowest BCUT2D eigenvalue weighted by Crippen LogP contribution is -2.37. The molecule has 0 fully saturated rings. The molecule has 0 amide bonds. The average molecular weight is 614 g/mol. The van der Waals surface area contributed by atoms with Crippen molar-refractivity contribution in [2.24, 2.45) is 0 Å². The van der Waals surface area contributed by atoms with Gasteiger partial charge in [0.1, 0.15) is 11.5 Å². The predicted octanol–water partition coefficient (Wildman–Crippen LogP) is 11.6. The van der Waals surface area contributed by atoms with Crippen molar-refractivity contribution in [3.05, 3.63) is 185 Å². The summed E-state index contributed by atoms with van der Waals surface area (Å²) in [6.45, 7) is 4.68. The summed E-state index contributed by atoms with van der Waals surface area (Å²) in [7, 11) is 0. The van der Waals surface area contributed by atoms with Crippen LogP contribution < -0.4 is 4.74 Å². The van der Waals surface area contributed by atoms with Crippen LogP contribution in [0.2, 0.25) is 0 Å². The Morgan fingerprint density at radius 3 is 2.02 bits per heavy atom. The summed E-state index contributed by atoms with van der Waals surface area (Å²) in [5, 5.41) is 2.55. The van der Waals surface area contributed by atoms with Gasteiger partial charge < -0.3 is 9.30 Å². The number of rotatable bonds is 1. The highest BCUT2D eigenvalue weighted by Gasteiger charge is 2.50. The number of ether oxygens (including phenoxy) is 1. The summed E-state index contributed by atoms with van der Waals surface area (Å²) in [6.07, 6.45) is 0. The highest BCUT2D eigenvalue weighted by molar-refractivity contribution is 6.12. The molecule has 8 aromatic rings. The molecule has 1 aliphatic carbocycles. The van der Waals surface area contributed by atoms with Crippen molar-refractivity contribution in [3.8, 4) is 39.4 Å². The molecule has 0 saturated carbocycles. The fraction of sp³-hybridized carbons (Fsp3) is 0.0870. The number of fused-ring (bicyclic) bond motifs is 14. The first-order chi connectivity index (χ1) is 23.6. The maximum Gasteiger partial charge on any atom is 0.132 e. The van der Waals surface area contributed by atoms with Gasteiger partial charge in [-0.1, -0.05) is 129 Å². The second-order valence-electron chi connectivity index (χ2n) is 14.1. The van der Waals surface area contributed by atoms with E-state index < -0.39 is 5.41 Å². The Morgan fingerprint density at radius 2 is 1.10 bits per heavy atom. The van der Waals surface area contributed by atoms with Crippen molar-refractivity contribution in [2.45, 2.75) is 24.7 Å². The standard InChI is InChI=1S/C46H31NO/c1-45(2)34-15-5-3-12-30(34)33-26-28(22-24-35(33)45)29-23-25-43-39(27-29)46(37-17-7-10-21-42(37)48-43)36-16-6-9-20-41(36)47-40-19-8-4-13-31(40)32-14-11-18-38(46)44(32)47/h3-27H,1-2H3. The van der Waals surface area contributed by atoms with E-state index >= 15 is 0 Å². The van der Waals surface area contributed by atoms with Crippen LogP contribution in [0.25, 0.3) is 49.7 Å². The maximum atomic E-state index is 6.79. The molecule has 2 nitrogen and oxygen atoms in total. The van der Waals surface area contributed by atoms with Crippen molar-refractivity contribution in [1.82, 2.24) is 4.57 Å². The molecule has 2 heteroatoms. The third kappa shape index (κ3) is 3.04. The molecule has 1 aromatic heterocycles. The summed E-state index contributed by atoms with van der Waals surface area (Å²) in [5.74, 6) is 1.81. The van der Waals surface area contributed by atoms with E-state index in [1.54, 1.807) is 0 Å². The summed E-state index contributed by atoms with van der Waals surface area (Å²) in [5.41, 5.74) is 15.9. The van der Waals surface area contributed by atoms with Crippen LogP contribution in [0.15, 0.2) is 152 Å². The minimum absolute atomic E-state index is 0.0230. The molecular formula is C46H31NO. The van der Waals surface area contributed by atoms with Crippen molar-refractivity contribution in [3.63, 3.8) is 0 Å². The molecule has 7 aromatic carbocycles. The lowest BCUT2D eigenvalue weighted by Gasteiger charge is -2.45. The molecule has 11 rings (SSSR count). The molecule has 48 heavy (non-hydrogen) atoms. The molecular weight excluding hydrogens is 583 g/mol. The Kier molecular flexibility index (Phi) is 4.88. The molecule has 0 N–H and O–H groups in total. The van der Waals surface area contributed by atoms with E-state index in [-0.39, 0.29) is 5.41 Å². The van der Waals surface area contributed by atoms with E-state index in [0.717, 1.165) is 11.5 Å². The van der Waals surface area contributed by atoms with Crippen LogP contribution in [-0.4, -0.2) is 4.57 Å². The van der Waals surface area contributed by atoms with E-state index in [1.165, 1.54) is 83.1 Å². The smallest absolute Gasteiger partial charge is 0.132 e. The second-order valence-corrected chi connectivity index (χ2v) is 14.1. The van der Waals surface area contributed by atoms with Gasteiger partial charge in [0, 0.05) is 27.3 Å². The van der Waals surface area contributed by atoms with E-state index in [4.69, 9.17) is 4.74 Å². The van der Waals surface area contributed by atoms with Gasteiger partial charge in [0.25, 0.3) is 0 Å². The zero-order valence-electron chi connectivity index (χ0n) is 26.8. The summed E-state index contributed by atoms with van der Waals surface area (Å²) >= 11 is 0. The van der Waals surface area contributed by atoms with Crippen molar-refractivity contribution in [2.75, 3.05) is 0 Å².